The van der Waals surface area contributed by atoms with Crippen molar-refractivity contribution in [2.45, 2.75) is 13.0 Å². The van der Waals surface area contributed by atoms with Gasteiger partial charge in [0.15, 0.2) is 5.65 Å². The fraction of sp³-hybridized carbons (Fsp3) is 0.143. The second-order valence-electron chi connectivity index (χ2n) is 6.63. The lowest BCUT2D eigenvalue weighted by molar-refractivity contribution is -0.116. The van der Waals surface area contributed by atoms with Crippen LogP contribution in [0.4, 0.5) is 17.1 Å². The lowest BCUT2D eigenvalue weighted by Crippen LogP contribution is -2.23. The molecule has 0 radical (unpaired) electrons. The number of aromatic nitrogens is 4. The van der Waals surface area contributed by atoms with Gasteiger partial charge in [-0.2, -0.15) is 15.3 Å². The van der Waals surface area contributed by atoms with Gasteiger partial charge in [0.1, 0.15) is 5.39 Å². The van der Waals surface area contributed by atoms with Gasteiger partial charge in [-0.3, -0.25) is 18.8 Å². The molecule has 2 heterocycles. The Hall–Kier alpha value is -4.14. The highest BCUT2D eigenvalue weighted by Crippen LogP contribution is 2.20. The summed E-state index contributed by atoms with van der Waals surface area (Å²) in [5.41, 5.74) is 2.40. The van der Waals surface area contributed by atoms with Crippen LogP contribution in [0, 0.1) is 0 Å². The number of nitrogens with one attached hydrogen (secondary N) is 1. The number of nitrogens with zero attached hydrogens (tertiary/aromatic N) is 6. The van der Waals surface area contributed by atoms with E-state index in [1.165, 1.54) is 21.8 Å². The monoisotopic (exact) mass is 401 g/mol. The lowest BCUT2D eigenvalue weighted by Gasteiger charge is -2.07. The zero-order valence-corrected chi connectivity index (χ0v) is 16.3. The summed E-state index contributed by atoms with van der Waals surface area (Å²) in [6, 6.07) is 16.5. The van der Waals surface area contributed by atoms with Crippen LogP contribution in [0.3, 0.4) is 0 Å². The molecule has 4 rings (SSSR count). The first kappa shape index (κ1) is 19.2. The number of anilines is 1. The number of hydrogen-bond acceptors (Lipinski definition) is 6. The second-order valence-corrected chi connectivity index (χ2v) is 6.63. The Bertz CT molecular complexity index is 1260. The van der Waals surface area contributed by atoms with E-state index in [2.05, 4.69) is 25.6 Å². The van der Waals surface area contributed by atoms with Crippen molar-refractivity contribution in [2.75, 3.05) is 5.32 Å². The average molecular weight is 401 g/mol. The largest absolute Gasteiger partial charge is 0.326 e. The van der Waals surface area contributed by atoms with Crippen molar-refractivity contribution in [1.82, 2.24) is 19.3 Å². The van der Waals surface area contributed by atoms with Gasteiger partial charge in [-0.25, -0.2) is 4.98 Å². The van der Waals surface area contributed by atoms with Crippen LogP contribution in [0.2, 0.25) is 0 Å². The normalized spacial score (nSPS) is 11.2. The zero-order chi connectivity index (χ0) is 20.9. The van der Waals surface area contributed by atoms with Crippen molar-refractivity contribution in [2.24, 2.45) is 17.3 Å². The SMILES string of the molecule is Cn1ncc2c(=O)n(CCC(=O)Nc3ccc(N=Nc4ccccc4)cc3)cnc21. The number of benzene rings is 2. The number of azo groups is 1. The molecule has 1 amide bonds. The summed E-state index contributed by atoms with van der Waals surface area (Å²) < 4.78 is 2.95. The molecule has 0 atom stereocenters. The van der Waals surface area contributed by atoms with Gasteiger partial charge in [0.05, 0.1) is 23.9 Å². The Morgan fingerprint density at radius 2 is 1.73 bits per heavy atom. The van der Waals surface area contributed by atoms with Crippen LogP contribution in [-0.4, -0.2) is 25.2 Å². The molecule has 0 spiro atoms. The van der Waals surface area contributed by atoms with Crippen molar-refractivity contribution in [3.63, 3.8) is 0 Å². The van der Waals surface area contributed by atoms with Crippen LogP contribution in [0.25, 0.3) is 11.0 Å². The van der Waals surface area contributed by atoms with Crippen LogP contribution in [0.15, 0.2) is 82.1 Å². The minimum atomic E-state index is -0.214. The predicted octanol–water partition coefficient (Wildman–Crippen LogP) is 3.57. The van der Waals surface area contributed by atoms with E-state index in [1.807, 2.05) is 30.3 Å². The topological polar surface area (TPSA) is 107 Å². The molecular weight excluding hydrogens is 382 g/mol. The molecule has 0 aliphatic heterocycles. The third-order valence-electron chi connectivity index (χ3n) is 4.49. The molecule has 0 saturated carbocycles. The molecule has 0 aliphatic rings. The van der Waals surface area contributed by atoms with Crippen LogP contribution in [-0.2, 0) is 18.4 Å². The summed E-state index contributed by atoms with van der Waals surface area (Å²) in [6.45, 7) is 0.228. The minimum Gasteiger partial charge on any atom is -0.326 e. The average Bonchev–Trinajstić information content (AvgIpc) is 3.15. The fourth-order valence-electron chi connectivity index (χ4n) is 2.89. The van der Waals surface area contributed by atoms with E-state index in [4.69, 9.17) is 0 Å². The first-order valence-corrected chi connectivity index (χ1v) is 9.34. The Morgan fingerprint density at radius 3 is 2.47 bits per heavy atom. The van der Waals surface area contributed by atoms with Gasteiger partial charge >= 0.3 is 0 Å². The number of rotatable bonds is 6. The molecule has 2 aromatic heterocycles. The number of carbonyl (C=O) groups excluding carboxylic acids is 1. The van der Waals surface area contributed by atoms with Gasteiger partial charge in [-0.15, -0.1) is 0 Å². The molecule has 9 nitrogen and oxygen atoms in total. The molecule has 1 N–H and O–H groups in total. The summed E-state index contributed by atoms with van der Waals surface area (Å²) in [4.78, 5) is 28.9. The van der Waals surface area contributed by atoms with E-state index < -0.39 is 0 Å². The maximum absolute atomic E-state index is 12.4. The molecule has 4 aromatic rings. The van der Waals surface area contributed by atoms with Crippen molar-refractivity contribution >= 4 is 34.0 Å². The molecule has 0 saturated heterocycles. The number of hydrogen-bond donors (Lipinski definition) is 1. The summed E-state index contributed by atoms with van der Waals surface area (Å²) in [6.07, 6.45) is 3.06. The summed E-state index contributed by atoms with van der Waals surface area (Å²) >= 11 is 0. The third-order valence-corrected chi connectivity index (χ3v) is 4.49. The molecular formula is C21H19N7O2. The van der Waals surface area contributed by atoms with Gasteiger partial charge in [0.2, 0.25) is 5.91 Å². The zero-order valence-electron chi connectivity index (χ0n) is 16.3. The first-order valence-electron chi connectivity index (χ1n) is 9.34. The van der Waals surface area contributed by atoms with Gasteiger partial charge in [-0.1, -0.05) is 18.2 Å². The van der Waals surface area contributed by atoms with Gasteiger partial charge in [0, 0.05) is 25.7 Å². The number of carbonyl (C=O) groups is 1. The Morgan fingerprint density at radius 1 is 1.03 bits per heavy atom. The molecule has 0 aliphatic carbocycles. The smallest absolute Gasteiger partial charge is 0.264 e. The standard InChI is InChI=1S/C21H19N7O2/c1-27-20-18(13-23-27)21(30)28(14-22-20)12-11-19(29)24-15-7-9-17(10-8-15)26-25-16-5-3-2-4-6-16/h2-10,13-14H,11-12H2,1H3,(H,24,29). The molecule has 30 heavy (non-hydrogen) atoms. The molecule has 9 heteroatoms. The molecule has 2 aromatic carbocycles. The molecule has 0 fully saturated rings. The number of aryl methyl sites for hydroxylation is 2. The molecule has 150 valence electrons. The van der Waals surface area contributed by atoms with Gasteiger partial charge in [0.25, 0.3) is 5.56 Å². The van der Waals surface area contributed by atoms with E-state index in [-0.39, 0.29) is 24.4 Å². The highest BCUT2D eigenvalue weighted by Gasteiger charge is 2.09. The minimum absolute atomic E-state index is 0.142. The fourth-order valence-corrected chi connectivity index (χ4v) is 2.89. The van der Waals surface area contributed by atoms with Crippen LogP contribution < -0.4 is 10.9 Å². The number of fused-ring (bicyclic) bond motifs is 1. The van der Waals surface area contributed by atoms with Gasteiger partial charge < -0.3 is 5.32 Å². The highest BCUT2D eigenvalue weighted by atomic mass is 16.2. The Labute approximate surface area is 171 Å². The van der Waals surface area contributed by atoms with E-state index in [0.29, 0.717) is 22.4 Å². The number of amides is 1. The van der Waals surface area contributed by atoms with Crippen LogP contribution >= 0.6 is 0 Å². The highest BCUT2D eigenvalue weighted by molar-refractivity contribution is 5.90. The summed E-state index contributed by atoms with van der Waals surface area (Å²) in [5.74, 6) is -0.202. The summed E-state index contributed by atoms with van der Waals surface area (Å²) in [7, 11) is 1.72. The maximum Gasteiger partial charge on any atom is 0.264 e. The Kier molecular flexibility index (Phi) is 5.42. The Balaban J connectivity index is 1.34. The van der Waals surface area contributed by atoms with Crippen molar-refractivity contribution in [3.8, 4) is 0 Å². The summed E-state index contributed by atoms with van der Waals surface area (Å²) in [5, 5.41) is 15.6. The quantitative estimate of drug-likeness (QED) is 0.498. The first-order chi connectivity index (χ1) is 14.6. The third kappa shape index (κ3) is 4.30. The van der Waals surface area contributed by atoms with Crippen LogP contribution in [0.1, 0.15) is 6.42 Å². The maximum atomic E-state index is 12.4. The van der Waals surface area contributed by atoms with E-state index >= 15 is 0 Å². The van der Waals surface area contributed by atoms with E-state index in [0.717, 1.165) is 5.69 Å². The van der Waals surface area contributed by atoms with Crippen molar-refractivity contribution in [1.29, 1.82) is 0 Å². The van der Waals surface area contributed by atoms with Crippen molar-refractivity contribution < 1.29 is 4.79 Å². The molecule has 0 unspecified atom stereocenters. The van der Waals surface area contributed by atoms with E-state index in [9.17, 15) is 9.59 Å². The van der Waals surface area contributed by atoms with Crippen molar-refractivity contribution in [3.05, 3.63) is 77.5 Å². The second kappa shape index (κ2) is 8.48. The molecule has 0 bridgehead atoms. The van der Waals surface area contributed by atoms with Gasteiger partial charge in [-0.05, 0) is 36.4 Å². The van der Waals surface area contributed by atoms with E-state index in [1.54, 1.807) is 31.3 Å². The lowest BCUT2D eigenvalue weighted by atomic mass is 10.2. The predicted molar refractivity (Wildman–Crippen MR) is 113 cm³/mol. The van der Waals surface area contributed by atoms with Crippen LogP contribution in [0.5, 0.6) is 0 Å².